The van der Waals surface area contributed by atoms with Gasteiger partial charge in [-0.3, -0.25) is 19.6 Å². The maximum Gasteiger partial charge on any atom is 0.311 e. The molecule has 0 saturated heterocycles. The average molecular weight is 393 g/mol. The Hall–Kier alpha value is -3.35. The van der Waals surface area contributed by atoms with Gasteiger partial charge in [-0.25, -0.2) is 4.39 Å². The number of carbonyl (C=O) groups excluding carboxylic acids is 2. The van der Waals surface area contributed by atoms with Crippen molar-refractivity contribution in [3.63, 3.8) is 0 Å². The van der Waals surface area contributed by atoms with Crippen LogP contribution in [0.2, 0.25) is 0 Å². The van der Waals surface area contributed by atoms with E-state index in [0.29, 0.717) is 40.4 Å². The summed E-state index contributed by atoms with van der Waals surface area (Å²) in [5.41, 5.74) is 2.87. The van der Waals surface area contributed by atoms with Crippen LogP contribution in [0.3, 0.4) is 0 Å². The molecular formula is C22H20FN3O3. The van der Waals surface area contributed by atoms with Crippen molar-refractivity contribution in [3.05, 3.63) is 65.4 Å². The highest BCUT2D eigenvalue weighted by Crippen LogP contribution is 2.40. The summed E-state index contributed by atoms with van der Waals surface area (Å²) in [6, 6.07) is 9.35. The van der Waals surface area contributed by atoms with Gasteiger partial charge in [-0.2, -0.15) is 0 Å². The Morgan fingerprint density at radius 3 is 2.72 bits per heavy atom. The molecular weight excluding hydrogens is 373 g/mol. The van der Waals surface area contributed by atoms with Gasteiger partial charge in [0.05, 0.1) is 41.7 Å². The van der Waals surface area contributed by atoms with E-state index < -0.39 is 5.82 Å². The molecule has 2 heterocycles. The van der Waals surface area contributed by atoms with Crippen LogP contribution in [-0.4, -0.2) is 28.5 Å². The summed E-state index contributed by atoms with van der Waals surface area (Å²) in [7, 11) is 0. The first-order valence-electron chi connectivity index (χ1n) is 9.55. The third kappa shape index (κ3) is 4.39. The number of anilines is 1. The van der Waals surface area contributed by atoms with Gasteiger partial charge in [-0.05, 0) is 56.2 Å². The molecule has 0 radical (unpaired) electrons. The number of fused-ring (bicyclic) bond motifs is 1. The highest BCUT2D eigenvalue weighted by Gasteiger charge is 2.27. The van der Waals surface area contributed by atoms with Gasteiger partial charge < -0.3 is 10.1 Å². The van der Waals surface area contributed by atoms with Gasteiger partial charge >= 0.3 is 5.97 Å². The van der Waals surface area contributed by atoms with E-state index in [2.05, 4.69) is 15.3 Å². The molecule has 1 aromatic carbocycles. The number of benzene rings is 1. The molecule has 0 aliphatic heterocycles. The Labute approximate surface area is 167 Å². The standard InChI is InChI=1S/C22H20FN3O3/c1-2-29-21(27)10-15-6-7-16(12-24-15)25-22(28)18-11-20(13-3-4-13)26-19-8-5-14(23)9-17(18)19/h5-9,11-13H,2-4,10H2,1H3,(H,25,28). The Morgan fingerprint density at radius 2 is 2.03 bits per heavy atom. The van der Waals surface area contributed by atoms with Crippen LogP contribution in [0.4, 0.5) is 10.1 Å². The van der Waals surface area contributed by atoms with Crippen molar-refractivity contribution in [2.75, 3.05) is 11.9 Å². The number of nitrogens with zero attached hydrogens (tertiary/aromatic N) is 2. The number of pyridine rings is 2. The summed E-state index contributed by atoms with van der Waals surface area (Å²) < 4.78 is 18.7. The molecule has 7 heteroatoms. The summed E-state index contributed by atoms with van der Waals surface area (Å²) in [4.78, 5) is 33.2. The van der Waals surface area contributed by atoms with Crippen LogP contribution in [0.1, 0.15) is 47.4 Å². The predicted molar refractivity (Wildman–Crippen MR) is 106 cm³/mol. The first-order chi connectivity index (χ1) is 14.0. The minimum Gasteiger partial charge on any atom is -0.466 e. The number of rotatable bonds is 6. The molecule has 1 aliphatic carbocycles. The molecule has 1 fully saturated rings. The number of carbonyl (C=O) groups is 2. The highest BCUT2D eigenvalue weighted by atomic mass is 19.1. The van der Waals surface area contributed by atoms with Crippen LogP contribution in [0.15, 0.2) is 42.6 Å². The van der Waals surface area contributed by atoms with Crippen molar-refractivity contribution in [2.45, 2.75) is 32.1 Å². The van der Waals surface area contributed by atoms with Crippen LogP contribution >= 0.6 is 0 Å². The Bertz CT molecular complexity index is 1080. The predicted octanol–water partition coefficient (Wildman–Crippen LogP) is 4.00. The molecule has 3 aromatic rings. The fourth-order valence-corrected chi connectivity index (χ4v) is 3.16. The lowest BCUT2D eigenvalue weighted by atomic mass is 10.0. The van der Waals surface area contributed by atoms with E-state index in [4.69, 9.17) is 4.74 Å². The Morgan fingerprint density at radius 1 is 1.21 bits per heavy atom. The zero-order valence-corrected chi connectivity index (χ0v) is 15.9. The first kappa shape index (κ1) is 19.0. The lowest BCUT2D eigenvalue weighted by Crippen LogP contribution is -2.14. The van der Waals surface area contributed by atoms with E-state index in [1.54, 1.807) is 31.2 Å². The zero-order valence-electron chi connectivity index (χ0n) is 15.9. The van der Waals surface area contributed by atoms with Gasteiger partial charge in [-0.1, -0.05) is 0 Å². The molecule has 0 atom stereocenters. The van der Waals surface area contributed by atoms with Crippen molar-refractivity contribution in [2.24, 2.45) is 0 Å². The summed E-state index contributed by atoms with van der Waals surface area (Å²) >= 11 is 0. The Balaban J connectivity index is 1.57. The normalized spacial score (nSPS) is 13.3. The van der Waals surface area contributed by atoms with E-state index in [1.165, 1.54) is 18.3 Å². The summed E-state index contributed by atoms with van der Waals surface area (Å²) in [6.45, 7) is 2.06. The van der Waals surface area contributed by atoms with Crippen molar-refractivity contribution in [1.82, 2.24) is 9.97 Å². The molecule has 6 nitrogen and oxygen atoms in total. The number of esters is 1. The van der Waals surface area contributed by atoms with Crippen LogP contribution in [0.5, 0.6) is 0 Å². The zero-order chi connectivity index (χ0) is 20.4. The third-order valence-corrected chi connectivity index (χ3v) is 4.74. The molecule has 0 spiro atoms. The average Bonchev–Trinajstić information content (AvgIpc) is 3.54. The molecule has 1 N–H and O–H groups in total. The second-order valence-corrected chi connectivity index (χ2v) is 7.00. The topological polar surface area (TPSA) is 81.2 Å². The largest absolute Gasteiger partial charge is 0.466 e. The lowest BCUT2D eigenvalue weighted by Gasteiger charge is -2.11. The van der Waals surface area contributed by atoms with Crippen molar-refractivity contribution in [3.8, 4) is 0 Å². The van der Waals surface area contributed by atoms with E-state index in [9.17, 15) is 14.0 Å². The van der Waals surface area contributed by atoms with E-state index in [1.807, 2.05) is 0 Å². The van der Waals surface area contributed by atoms with Gasteiger partial charge in [0.15, 0.2) is 0 Å². The number of amides is 1. The van der Waals surface area contributed by atoms with Crippen LogP contribution in [-0.2, 0) is 16.0 Å². The molecule has 2 aromatic heterocycles. The molecule has 148 valence electrons. The van der Waals surface area contributed by atoms with Gasteiger partial charge in [0.25, 0.3) is 5.91 Å². The molecule has 4 rings (SSSR count). The van der Waals surface area contributed by atoms with Crippen LogP contribution in [0.25, 0.3) is 10.9 Å². The molecule has 0 unspecified atom stereocenters. The van der Waals surface area contributed by atoms with Gasteiger partial charge in [0.1, 0.15) is 5.82 Å². The lowest BCUT2D eigenvalue weighted by molar-refractivity contribution is -0.142. The number of nitrogens with one attached hydrogen (secondary N) is 1. The van der Waals surface area contributed by atoms with Crippen LogP contribution < -0.4 is 5.32 Å². The van der Waals surface area contributed by atoms with E-state index in [-0.39, 0.29) is 18.3 Å². The number of halogens is 1. The monoisotopic (exact) mass is 393 g/mol. The van der Waals surface area contributed by atoms with Gasteiger partial charge in [0.2, 0.25) is 0 Å². The Kier molecular flexibility index (Phi) is 5.20. The number of aromatic nitrogens is 2. The molecule has 0 bridgehead atoms. The summed E-state index contributed by atoms with van der Waals surface area (Å²) in [5.74, 6) is -0.767. The fraction of sp³-hybridized carbons (Fsp3) is 0.273. The third-order valence-electron chi connectivity index (χ3n) is 4.74. The van der Waals surface area contributed by atoms with Crippen molar-refractivity contribution >= 4 is 28.5 Å². The quantitative estimate of drug-likeness (QED) is 0.640. The fourth-order valence-electron chi connectivity index (χ4n) is 3.16. The molecule has 29 heavy (non-hydrogen) atoms. The smallest absolute Gasteiger partial charge is 0.311 e. The second-order valence-electron chi connectivity index (χ2n) is 7.00. The van der Waals surface area contributed by atoms with Crippen molar-refractivity contribution < 1.29 is 18.7 Å². The molecule has 1 amide bonds. The maximum atomic E-state index is 13.8. The second kappa shape index (κ2) is 7.95. The summed E-state index contributed by atoms with van der Waals surface area (Å²) in [5, 5.41) is 3.27. The number of ether oxygens (including phenoxy) is 1. The van der Waals surface area contributed by atoms with Gasteiger partial charge in [0, 0.05) is 17.0 Å². The van der Waals surface area contributed by atoms with Crippen molar-refractivity contribution in [1.29, 1.82) is 0 Å². The first-order valence-corrected chi connectivity index (χ1v) is 9.55. The minimum absolute atomic E-state index is 0.0705. The minimum atomic E-state index is -0.419. The SMILES string of the molecule is CCOC(=O)Cc1ccc(NC(=O)c2cc(C3CC3)nc3ccc(F)cc23)cn1. The van der Waals surface area contributed by atoms with Crippen LogP contribution in [0, 0.1) is 5.82 Å². The molecule has 1 saturated carbocycles. The van der Waals surface area contributed by atoms with Gasteiger partial charge in [-0.15, -0.1) is 0 Å². The maximum absolute atomic E-state index is 13.8. The van der Waals surface area contributed by atoms with E-state index in [0.717, 1.165) is 18.5 Å². The summed E-state index contributed by atoms with van der Waals surface area (Å²) in [6.07, 6.45) is 3.65. The highest BCUT2D eigenvalue weighted by molar-refractivity contribution is 6.12. The number of hydrogen-bond acceptors (Lipinski definition) is 5. The molecule has 1 aliphatic rings. The number of hydrogen-bond donors (Lipinski definition) is 1. The van der Waals surface area contributed by atoms with E-state index >= 15 is 0 Å².